The zero-order chi connectivity index (χ0) is 8.27. The lowest BCUT2D eigenvalue weighted by molar-refractivity contribution is 0.565. The Bertz CT molecular complexity index is 298. The Morgan fingerprint density at radius 3 is 2.18 bits per heavy atom. The smallest absolute Gasteiger partial charge is 0.211 e. The van der Waals surface area contributed by atoms with Gasteiger partial charge < -0.3 is 0 Å². The first-order chi connectivity index (χ1) is 5.22. The van der Waals surface area contributed by atoms with E-state index in [2.05, 4.69) is 30.2 Å². The second-order valence-electron chi connectivity index (χ2n) is 1.91. The van der Waals surface area contributed by atoms with Crippen molar-refractivity contribution in [2.24, 2.45) is 4.99 Å². The van der Waals surface area contributed by atoms with Crippen LogP contribution in [0.4, 0.5) is 5.69 Å². The minimum atomic E-state index is 0.525. The van der Waals surface area contributed by atoms with E-state index in [1.807, 2.05) is 0 Å². The fourth-order valence-corrected chi connectivity index (χ4v) is 1.34. The number of thiol groups is 2. The van der Waals surface area contributed by atoms with Crippen LogP contribution in [0.5, 0.6) is 0 Å². The standard InChI is InChI=1S/C7H5NOS2/c9-4-8-5-1-6(10)3-7(11)2-5/h1-3,10-11H. The van der Waals surface area contributed by atoms with Gasteiger partial charge in [0.15, 0.2) is 0 Å². The maximum Gasteiger partial charge on any atom is 0.240 e. The number of carbonyl (C=O) groups excluding carboxylic acids is 1. The summed E-state index contributed by atoms with van der Waals surface area (Å²) in [4.78, 5) is 14.7. The molecule has 1 rings (SSSR count). The average molecular weight is 183 g/mol. The number of nitrogens with zero attached hydrogens (tertiary/aromatic N) is 1. The largest absolute Gasteiger partial charge is 0.240 e. The minimum Gasteiger partial charge on any atom is -0.211 e. The molecule has 0 N–H and O–H groups in total. The van der Waals surface area contributed by atoms with Gasteiger partial charge in [-0.15, -0.1) is 25.3 Å². The fraction of sp³-hybridized carbons (Fsp3) is 0. The predicted molar refractivity (Wildman–Crippen MR) is 48.7 cm³/mol. The molecule has 0 aliphatic heterocycles. The molecule has 0 aliphatic rings. The Morgan fingerprint density at radius 2 is 1.73 bits per heavy atom. The third-order valence-corrected chi connectivity index (χ3v) is 1.58. The quantitative estimate of drug-likeness (QED) is 0.390. The van der Waals surface area contributed by atoms with Crippen LogP contribution in [0.25, 0.3) is 0 Å². The molecule has 0 spiro atoms. The summed E-state index contributed by atoms with van der Waals surface area (Å²) in [7, 11) is 0. The molecule has 0 amide bonds. The Morgan fingerprint density at radius 1 is 1.18 bits per heavy atom. The molecule has 1 aromatic rings. The predicted octanol–water partition coefficient (Wildman–Crippen LogP) is 2.23. The minimum absolute atomic E-state index is 0.525. The molecule has 0 atom stereocenters. The van der Waals surface area contributed by atoms with Crippen molar-refractivity contribution in [1.82, 2.24) is 0 Å². The maximum absolute atomic E-state index is 9.86. The Labute approximate surface area is 75.2 Å². The zero-order valence-electron chi connectivity index (χ0n) is 5.48. The molecular weight excluding hydrogens is 178 g/mol. The Hall–Kier alpha value is -0.700. The number of hydrogen-bond acceptors (Lipinski definition) is 4. The van der Waals surface area contributed by atoms with Gasteiger partial charge >= 0.3 is 0 Å². The number of benzene rings is 1. The summed E-state index contributed by atoms with van der Waals surface area (Å²) in [6.07, 6.45) is 1.45. The Kier molecular flexibility index (Phi) is 2.76. The molecular formula is C7H5NOS2. The summed E-state index contributed by atoms with van der Waals surface area (Å²) in [6, 6.07) is 5.08. The zero-order valence-corrected chi connectivity index (χ0v) is 7.27. The van der Waals surface area contributed by atoms with E-state index in [1.54, 1.807) is 18.2 Å². The molecule has 0 saturated heterocycles. The third-order valence-electron chi connectivity index (χ3n) is 1.06. The summed E-state index contributed by atoms with van der Waals surface area (Å²) in [6.45, 7) is 0. The van der Waals surface area contributed by atoms with E-state index < -0.39 is 0 Å². The fourth-order valence-electron chi connectivity index (χ4n) is 0.697. The van der Waals surface area contributed by atoms with Crippen LogP contribution < -0.4 is 0 Å². The lowest BCUT2D eigenvalue weighted by atomic mass is 10.3. The van der Waals surface area contributed by atoms with E-state index in [0.29, 0.717) is 5.69 Å². The Balaban J connectivity index is 3.18. The van der Waals surface area contributed by atoms with E-state index in [9.17, 15) is 4.79 Å². The number of rotatable bonds is 1. The van der Waals surface area contributed by atoms with Crippen LogP contribution in [-0.4, -0.2) is 6.08 Å². The van der Waals surface area contributed by atoms with E-state index >= 15 is 0 Å². The van der Waals surface area contributed by atoms with Crippen LogP contribution in [0, 0.1) is 0 Å². The van der Waals surface area contributed by atoms with Crippen molar-refractivity contribution in [3.05, 3.63) is 18.2 Å². The van der Waals surface area contributed by atoms with Crippen molar-refractivity contribution in [2.45, 2.75) is 9.79 Å². The molecule has 0 bridgehead atoms. The van der Waals surface area contributed by atoms with Gasteiger partial charge in [0.25, 0.3) is 0 Å². The normalized spacial score (nSPS) is 8.91. The summed E-state index contributed by atoms with van der Waals surface area (Å²) in [5.41, 5.74) is 0.525. The number of isocyanates is 1. The highest BCUT2D eigenvalue weighted by molar-refractivity contribution is 7.81. The first-order valence-electron chi connectivity index (χ1n) is 2.83. The first kappa shape index (κ1) is 8.40. The average Bonchev–Trinajstić information content (AvgIpc) is 1.85. The SMILES string of the molecule is O=C=Nc1cc(S)cc(S)c1. The van der Waals surface area contributed by atoms with Crippen molar-refractivity contribution < 1.29 is 4.79 Å². The number of hydrogen-bond donors (Lipinski definition) is 2. The maximum atomic E-state index is 9.86. The van der Waals surface area contributed by atoms with Gasteiger partial charge in [-0.1, -0.05) is 0 Å². The molecule has 11 heavy (non-hydrogen) atoms. The molecule has 4 heteroatoms. The highest BCUT2D eigenvalue weighted by atomic mass is 32.1. The number of aliphatic imine (C=N–C) groups is 1. The van der Waals surface area contributed by atoms with E-state index in [-0.39, 0.29) is 0 Å². The summed E-state index contributed by atoms with van der Waals surface area (Å²) in [5, 5.41) is 0. The first-order valence-corrected chi connectivity index (χ1v) is 3.73. The van der Waals surface area contributed by atoms with Crippen molar-refractivity contribution >= 4 is 37.0 Å². The second kappa shape index (κ2) is 3.62. The van der Waals surface area contributed by atoms with E-state index in [4.69, 9.17) is 0 Å². The van der Waals surface area contributed by atoms with Gasteiger partial charge in [0.05, 0.1) is 5.69 Å². The second-order valence-corrected chi connectivity index (χ2v) is 2.94. The highest BCUT2D eigenvalue weighted by Gasteiger charge is 1.93. The van der Waals surface area contributed by atoms with Gasteiger partial charge in [-0.05, 0) is 18.2 Å². The molecule has 0 radical (unpaired) electrons. The molecule has 56 valence electrons. The van der Waals surface area contributed by atoms with Gasteiger partial charge in [0.1, 0.15) is 0 Å². The van der Waals surface area contributed by atoms with Crippen LogP contribution in [0.2, 0.25) is 0 Å². The lowest BCUT2D eigenvalue weighted by Crippen LogP contribution is -1.69. The molecule has 1 aromatic carbocycles. The van der Waals surface area contributed by atoms with Gasteiger partial charge in [0.2, 0.25) is 6.08 Å². The van der Waals surface area contributed by atoms with Crippen LogP contribution in [0.15, 0.2) is 33.0 Å². The van der Waals surface area contributed by atoms with Crippen molar-refractivity contribution in [2.75, 3.05) is 0 Å². The van der Waals surface area contributed by atoms with Crippen molar-refractivity contribution in [3.8, 4) is 0 Å². The third kappa shape index (κ3) is 2.42. The molecule has 0 aliphatic carbocycles. The molecule has 0 fully saturated rings. The van der Waals surface area contributed by atoms with E-state index in [1.165, 1.54) is 6.08 Å². The topological polar surface area (TPSA) is 29.4 Å². The summed E-state index contributed by atoms with van der Waals surface area (Å²) >= 11 is 8.16. The molecule has 0 unspecified atom stereocenters. The van der Waals surface area contributed by atoms with Crippen LogP contribution in [-0.2, 0) is 4.79 Å². The van der Waals surface area contributed by atoms with Crippen molar-refractivity contribution in [1.29, 1.82) is 0 Å². The van der Waals surface area contributed by atoms with E-state index in [0.717, 1.165) is 9.79 Å². The molecule has 2 nitrogen and oxygen atoms in total. The lowest BCUT2D eigenvalue weighted by Gasteiger charge is -1.95. The van der Waals surface area contributed by atoms with Crippen LogP contribution in [0.3, 0.4) is 0 Å². The van der Waals surface area contributed by atoms with Gasteiger partial charge in [-0.3, -0.25) is 0 Å². The van der Waals surface area contributed by atoms with Gasteiger partial charge in [-0.25, -0.2) is 4.79 Å². The van der Waals surface area contributed by atoms with Gasteiger partial charge in [-0.2, -0.15) is 4.99 Å². The molecule has 0 saturated carbocycles. The highest BCUT2D eigenvalue weighted by Crippen LogP contribution is 2.21. The van der Waals surface area contributed by atoms with Crippen LogP contribution >= 0.6 is 25.3 Å². The van der Waals surface area contributed by atoms with Crippen LogP contribution in [0.1, 0.15) is 0 Å². The molecule has 0 heterocycles. The monoisotopic (exact) mass is 183 g/mol. The summed E-state index contributed by atoms with van der Waals surface area (Å²) < 4.78 is 0. The molecule has 0 aromatic heterocycles. The van der Waals surface area contributed by atoms with Gasteiger partial charge in [0, 0.05) is 9.79 Å². The van der Waals surface area contributed by atoms with Crippen molar-refractivity contribution in [3.63, 3.8) is 0 Å². The summed E-state index contributed by atoms with van der Waals surface area (Å²) in [5.74, 6) is 0.